The van der Waals surface area contributed by atoms with E-state index in [0.29, 0.717) is 6.54 Å². The number of hydrogen-bond acceptors (Lipinski definition) is 3. The number of amides is 1. The molecule has 90 valence electrons. The fourth-order valence-corrected chi connectivity index (χ4v) is 2.47. The molecule has 1 atom stereocenters. The third kappa shape index (κ3) is 3.77. The van der Waals surface area contributed by atoms with Gasteiger partial charge in [0, 0.05) is 13.1 Å². The highest BCUT2D eigenvalue weighted by molar-refractivity contribution is 7.07. The monoisotopic (exact) mass is 260 g/mol. The number of rotatable bonds is 3. The van der Waals surface area contributed by atoms with Crippen LogP contribution in [-0.4, -0.2) is 19.0 Å². The summed E-state index contributed by atoms with van der Waals surface area (Å²) in [4.78, 5) is 11.7. The highest BCUT2D eigenvalue weighted by Gasteiger charge is 2.20. The third-order valence-corrected chi connectivity index (χ3v) is 3.45. The molecule has 1 saturated heterocycles. The van der Waals surface area contributed by atoms with Crippen LogP contribution in [0.15, 0.2) is 16.8 Å². The second-order valence-electron chi connectivity index (χ2n) is 3.89. The number of nitrogens with one attached hydrogen (secondary N) is 2. The lowest BCUT2D eigenvalue weighted by atomic mass is 9.99. The van der Waals surface area contributed by atoms with E-state index in [-0.39, 0.29) is 24.2 Å². The van der Waals surface area contributed by atoms with Crippen LogP contribution in [0.3, 0.4) is 0 Å². The fraction of sp³-hybridized carbons (Fsp3) is 0.545. The van der Waals surface area contributed by atoms with Crippen LogP contribution in [0.1, 0.15) is 18.4 Å². The summed E-state index contributed by atoms with van der Waals surface area (Å²) in [6.07, 6.45) is 2.12. The van der Waals surface area contributed by atoms with Crippen LogP contribution in [0.2, 0.25) is 0 Å². The van der Waals surface area contributed by atoms with Gasteiger partial charge in [0.2, 0.25) is 5.91 Å². The van der Waals surface area contributed by atoms with Crippen molar-refractivity contribution in [2.45, 2.75) is 19.4 Å². The van der Waals surface area contributed by atoms with E-state index in [0.717, 1.165) is 25.9 Å². The minimum Gasteiger partial charge on any atom is -0.352 e. The predicted octanol–water partition coefficient (Wildman–Crippen LogP) is 1.79. The molecule has 1 unspecified atom stereocenters. The molecule has 16 heavy (non-hydrogen) atoms. The predicted molar refractivity (Wildman–Crippen MR) is 69.0 cm³/mol. The van der Waals surface area contributed by atoms with Crippen molar-refractivity contribution in [2.75, 3.05) is 13.1 Å². The maximum absolute atomic E-state index is 11.7. The molecule has 1 aromatic rings. The zero-order valence-corrected chi connectivity index (χ0v) is 10.7. The van der Waals surface area contributed by atoms with Gasteiger partial charge in [0.1, 0.15) is 0 Å². The first-order valence-electron chi connectivity index (χ1n) is 5.36. The van der Waals surface area contributed by atoms with Gasteiger partial charge in [0.15, 0.2) is 0 Å². The zero-order valence-electron chi connectivity index (χ0n) is 9.07. The summed E-state index contributed by atoms with van der Waals surface area (Å²) in [5, 5.41) is 10.3. The Labute approximate surface area is 106 Å². The Hall–Kier alpha value is -0.580. The molecule has 1 aliphatic rings. The minimum atomic E-state index is 0. The molecule has 2 N–H and O–H groups in total. The van der Waals surface area contributed by atoms with Crippen molar-refractivity contribution in [3.8, 4) is 0 Å². The molecule has 0 bridgehead atoms. The third-order valence-electron chi connectivity index (χ3n) is 2.71. The quantitative estimate of drug-likeness (QED) is 0.870. The van der Waals surface area contributed by atoms with Gasteiger partial charge >= 0.3 is 0 Å². The van der Waals surface area contributed by atoms with Crippen molar-refractivity contribution in [3.05, 3.63) is 22.4 Å². The van der Waals surface area contributed by atoms with Gasteiger partial charge in [-0.25, -0.2) is 0 Å². The lowest BCUT2D eigenvalue weighted by molar-refractivity contribution is -0.125. The maximum atomic E-state index is 11.7. The molecule has 0 saturated carbocycles. The van der Waals surface area contributed by atoms with Crippen molar-refractivity contribution >= 4 is 29.7 Å². The molecule has 0 aliphatic carbocycles. The largest absolute Gasteiger partial charge is 0.352 e. The molecule has 1 aliphatic heterocycles. The Kier molecular flexibility index (Phi) is 5.80. The van der Waals surface area contributed by atoms with Gasteiger partial charge in [0.05, 0.1) is 5.92 Å². The first-order chi connectivity index (χ1) is 7.36. The number of halogens is 1. The molecule has 2 rings (SSSR count). The van der Waals surface area contributed by atoms with E-state index in [1.807, 2.05) is 11.4 Å². The highest BCUT2D eigenvalue weighted by Crippen LogP contribution is 2.10. The van der Waals surface area contributed by atoms with Gasteiger partial charge < -0.3 is 10.6 Å². The lowest BCUT2D eigenvalue weighted by Gasteiger charge is -2.21. The van der Waals surface area contributed by atoms with Crippen molar-refractivity contribution in [3.63, 3.8) is 0 Å². The molecule has 0 radical (unpaired) electrons. The second-order valence-corrected chi connectivity index (χ2v) is 4.67. The number of piperidine rings is 1. The average molecular weight is 261 g/mol. The summed E-state index contributed by atoms with van der Waals surface area (Å²) >= 11 is 1.66. The van der Waals surface area contributed by atoms with Crippen LogP contribution in [-0.2, 0) is 11.3 Å². The molecule has 5 heteroatoms. The van der Waals surface area contributed by atoms with Crippen molar-refractivity contribution in [1.29, 1.82) is 0 Å². The van der Waals surface area contributed by atoms with E-state index in [9.17, 15) is 4.79 Å². The SMILES string of the molecule is Cl.O=C(NCc1ccsc1)C1CCCNC1. The Bertz CT molecular complexity index is 310. The fourth-order valence-electron chi connectivity index (χ4n) is 1.80. The standard InChI is InChI=1S/C11H16N2OS.ClH/c14-11(10-2-1-4-12-7-10)13-6-9-3-5-15-8-9;/h3,5,8,10,12H,1-2,4,6-7H2,(H,13,14);1H. The van der Waals surface area contributed by atoms with Gasteiger partial charge in [-0.15, -0.1) is 12.4 Å². The van der Waals surface area contributed by atoms with Crippen molar-refractivity contribution in [2.24, 2.45) is 5.92 Å². The summed E-state index contributed by atoms with van der Waals surface area (Å²) in [6, 6.07) is 2.05. The lowest BCUT2D eigenvalue weighted by Crippen LogP contribution is -2.40. The number of carbonyl (C=O) groups is 1. The van der Waals surface area contributed by atoms with E-state index in [4.69, 9.17) is 0 Å². The van der Waals surface area contributed by atoms with E-state index >= 15 is 0 Å². The van der Waals surface area contributed by atoms with E-state index in [1.54, 1.807) is 11.3 Å². The van der Waals surface area contributed by atoms with Crippen molar-refractivity contribution in [1.82, 2.24) is 10.6 Å². The molecule has 0 spiro atoms. The van der Waals surface area contributed by atoms with Crippen LogP contribution in [0, 0.1) is 5.92 Å². The Morgan fingerprint density at radius 2 is 2.50 bits per heavy atom. The first kappa shape index (κ1) is 13.5. The number of carbonyl (C=O) groups excluding carboxylic acids is 1. The molecule has 1 amide bonds. The summed E-state index contributed by atoms with van der Waals surface area (Å²) in [5.74, 6) is 0.353. The topological polar surface area (TPSA) is 41.1 Å². The van der Waals surface area contributed by atoms with Crippen molar-refractivity contribution < 1.29 is 4.79 Å². The number of hydrogen-bond donors (Lipinski definition) is 2. The van der Waals surface area contributed by atoms with Gasteiger partial charge in [-0.1, -0.05) is 0 Å². The first-order valence-corrected chi connectivity index (χ1v) is 6.30. The molecule has 1 fully saturated rings. The number of thiophene rings is 1. The Morgan fingerprint density at radius 1 is 1.62 bits per heavy atom. The average Bonchev–Trinajstić information content (AvgIpc) is 2.80. The summed E-state index contributed by atoms with van der Waals surface area (Å²) in [6.45, 7) is 2.54. The molecule has 1 aromatic heterocycles. The second kappa shape index (κ2) is 6.89. The zero-order chi connectivity index (χ0) is 10.5. The van der Waals surface area contributed by atoms with Gasteiger partial charge in [0.25, 0.3) is 0 Å². The molecule has 3 nitrogen and oxygen atoms in total. The van der Waals surface area contributed by atoms with E-state index in [2.05, 4.69) is 16.0 Å². The molecule has 2 heterocycles. The Morgan fingerprint density at radius 3 is 3.12 bits per heavy atom. The van der Waals surface area contributed by atoms with E-state index < -0.39 is 0 Å². The maximum Gasteiger partial charge on any atom is 0.224 e. The summed E-state index contributed by atoms with van der Waals surface area (Å²) in [7, 11) is 0. The van der Waals surface area contributed by atoms with Crippen LogP contribution in [0.25, 0.3) is 0 Å². The van der Waals surface area contributed by atoms with Crippen LogP contribution in [0.4, 0.5) is 0 Å². The summed E-state index contributed by atoms with van der Waals surface area (Å²) in [5.41, 5.74) is 1.19. The van der Waals surface area contributed by atoms with Gasteiger partial charge in [-0.05, 0) is 41.8 Å². The van der Waals surface area contributed by atoms with Crippen LogP contribution >= 0.6 is 23.7 Å². The van der Waals surface area contributed by atoms with E-state index in [1.165, 1.54) is 5.56 Å². The normalized spacial score (nSPS) is 19.9. The molecule has 0 aromatic carbocycles. The molecular formula is C11H17ClN2OS. The Balaban J connectivity index is 0.00000128. The summed E-state index contributed by atoms with van der Waals surface area (Å²) < 4.78 is 0. The van der Waals surface area contributed by atoms with Gasteiger partial charge in [-0.3, -0.25) is 4.79 Å². The van der Waals surface area contributed by atoms with Gasteiger partial charge in [-0.2, -0.15) is 11.3 Å². The molecular weight excluding hydrogens is 244 g/mol. The smallest absolute Gasteiger partial charge is 0.224 e. The van der Waals surface area contributed by atoms with Crippen LogP contribution < -0.4 is 10.6 Å². The van der Waals surface area contributed by atoms with Crippen LogP contribution in [0.5, 0.6) is 0 Å². The highest BCUT2D eigenvalue weighted by atomic mass is 35.5. The minimum absolute atomic E-state index is 0.